The molecule has 0 aromatic heterocycles. The molecule has 0 aromatic carbocycles. The number of aliphatic hydroxyl groups is 1. The topological polar surface area (TPSA) is 83.5 Å². The predicted octanol–water partition coefficient (Wildman–Crippen LogP) is -0.439. The molecular weight excluding hydrogens is 134 g/mol. The molecule has 4 N–H and O–H groups in total. The molecule has 0 aliphatic rings. The molecule has 4 heteroatoms. The van der Waals surface area contributed by atoms with Gasteiger partial charge in [0, 0.05) is 13.0 Å². The second kappa shape index (κ2) is 5.20. The van der Waals surface area contributed by atoms with E-state index >= 15 is 0 Å². The van der Waals surface area contributed by atoms with Crippen LogP contribution in [-0.2, 0) is 4.79 Å². The smallest absolute Gasteiger partial charge is 0.303 e. The third-order valence-corrected chi connectivity index (χ3v) is 1.20. The van der Waals surface area contributed by atoms with Gasteiger partial charge in [0.15, 0.2) is 0 Å². The van der Waals surface area contributed by atoms with Gasteiger partial charge in [0.05, 0.1) is 6.10 Å². The summed E-state index contributed by atoms with van der Waals surface area (Å²) in [5, 5.41) is 17.0. The van der Waals surface area contributed by atoms with Gasteiger partial charge in [-0.1, -0.05) is 0 Å². The van der Waals surface area contributed by atoms with E-state index in [1.807, 2.05) is 0 Å². The van der Waals surface area contributed by atoms with Gasteiger partial charge in [-0.15, -0.1) is 0 Å². The Kier molecular flexibility index (Phi) is 4.88. The van der Waals surface area contributed by atoms with Gasteiger partial charge >= 0.3 is 5.97 Å². The fourth-order valence-corrected chi connectivity index (χ4v) is 0.607. The largest absolute Gasteiger partial charge is 0.481 e. The van der Waals surface area contributed by atoms with Crippen LogP contribution in [0.1, 0.15) is 19.3 Å². The van der Waals surface area contributed by atoms with E-state index in [-0.39, 0.29) is 13.0 Å². The summed E-state index contributed by atoms with van der Waals surface area (Å²) in [6, 6.07) is 0. The second-order valence-corrected chi connectivity index (χ2v) is 2.18. The average Bonchev–Trinajstić information content (AvgIpc) is 1.87. The van der Waals surface area contributed by atoms with Crippen LogP contribution in [0.3, 0.4) is 0 Å². The molecular formula is C6H13NO3. The third-order valence-electron chi connectivity index (χ3n) is 1.20. The molecule has 1 atom stereocenters. The number of carboxylic acid groups (broad SMARTS) is 1. The van der Waals surface area contributed by atoms with Crippen molar-refractivity contribution < 1.29 is 15.0 Å². The van der Waals surface area contributed by atoms with Gasteiger partial charge in [0.2, 0.25) is 0 Å². The van der Waals surface area contributed by atoms with Crippen LogP contribution in [0.15, 0.2) is 0 Å². The first-order valence-corrected chi connectivity index (χ1v) is 3.26. The van der Waals surface area contributed by atoms with Crippen molar-refractivity contribution in [2.45, 2.75) is 25.4 Å². The van der Waals surface area contributed by atoms with Gasteiger partial charge in [-0.2, -0.15) is 0 Å². The van der Waals surface area contributed by atoms with E-state index in [0.29, 0.717) is 12.8 Å². The van der Waals surface area contributed by atoms with E-state index in [1.165, 1.54) is 0 Å². The van der Waals surface area contributed by atoms with Crippen LogP contribution in [0.2, 0.25) is 0 Å². The summed E-state index contributed by atoms with van der Waals surface area (Å²) in [5.74, 6) is -0.829. The molecule has 0 aliphatic heterocycles. The summed E-state index contributed by atoms with van der Waals surface area (Å²) in [7, 11) is 0. The van der Waals surface area contributed by atoms with Gasteiger partial charge in [-0.3, -0.25) is 4.79 Å². The number of aliphatic hydroxyl groups excluding tert-OH is 1. The first-order valence-electron chi connectivity index (χ1n) is 3.26. The molecule has 4 nitrogen and oxygen atoms in total. The highest BCUT2D eigenvalue weighted by Crippen LogP contribution is 1.98. The third kappa shape index (κ3) is 5.53. The van der Waals surface area contributed by atoms with Gasteiger partial charge in [-0.25, -0.2) is 0 Å². The summed E-state index contributed by atoms with van der Waals surface area (Å²) in [6.07, 6.45) is 0.535. The summed E-state index contributed by atoms with van der Waals surface area (Å²) < 4.78 is 0. The summed E-state index contributed by atoms with van der Waals surface area (Å²) >= 11 is 0. The van der Waals surface area contributed by atoms with E-state index < -0.39 is 12.1 Å². The minimum Gasteiger partial charge on any atom is -0.481 e. The normalized spacial score (nSPS) is 13.0. The quantitative estimate of drug-likeness (QED) is 0.492. The van der Waals surface area contributed by atoms with Crippen LogP contribution >= 0.6 is 0 Å². The standard InChI is InChI=1S/C6H13NO3/c7-4-5(8)2-1-3-6(9)10/h5,8H,1-4,7H2,(H,9,10)/t5-/m1/s1. The lowest BCUT2D eigenvalue weighted by Crippen LogP contribution is -2.19. The maximum absolute atomic E-state index is 9.96. The molecule has 0 radical (unpaired) electrons. The van der Waals surface area contributed by atoms with Crippen LogP contribution in [0.25, 0.3) is 0 Å². The number of aliphatic carboxylic acids is 1. The van der Waals surface area contributed by atoms with Crippen molar-refractivity contribution in [1.29, 1.82) is 0 Å². The van der Waals surface area contributed by atoms with Crippen LogP contribution in [0.4, 0.5) is 0 Å². The maximum atomic E-state index is 9.96. The number of nitrogens with two attached hydrogens (primary N) is 1. The molecule has 0 aromatic rings. The zero-order chi connectivity index (χ0) is 7.98. The molecule has 0 saturated carbocycles. The summed E-state index contributed by atoms with van der Waals surface area (Å²) in [6.45, 7) is 0.208. The van der Waals surface area contributed by atoms with Crippen molar-refractivity contribution in [1.82, 2.24) is 0 Å². The van der Waals surface area contributed by atoms with Crippen molar-refractivity contribution >= 4 is 5.97 Å². The summed E-state index contributed by atoms with van der Waals surface area (Å²) in [4.78, 5) is 9.96. The molecule has 0 rings (SSSR count). The van der Waals surface area contributed by atoms with Crippen molar-refractivity contribution in [3.63, 3.8) is 0 Å². The van der Waals surface area contributed by atoms with Crippen LogP contribution in [0.5, 0.6) is 0 Å². The maximum Gasteiger partial charge on any atom is 0.303 e. The SMILES string of the molecule is NC[C@H](O)CCCC(=O)O. The van der Waals surface area contributed by atoms with Gasteiger partial charge in [0.1, 0.15) is 0 Å². The zero-order valence-corrected chi connectivity index (χ0v) is 5.79. The number of carbonyl (C=O) groups is 1. The highest BCUT2D eigenvalue weighted by atomic mass is 16.4. The minimum atomic E-state index is -0.829. The van der Waals surface area contributed by atoms with Gasteiger partial charge in [0.25, 0.3) is 0 Å². The van der Waals surface area contributed by atoms with Crippen LogP contribution in [-0.4, -0.2) is 28.8 Å². The molecule has 0 heterocycles. The van der Waals surface area contributed by atoms with E-state index in [4.69, 9.17) is 15.9 Å². The second-order valence-electron chi connectivity index (χ2n) is 2.18. The van der Waals surface area contributed by atoms with E-state index in [9.17, 15) is 4.79 Å². The van der Waals surface area contributed by atoms with E-state index in [1.54, 1.807) is 0 Å². The predicted molar refractivity (Wildman–Crippen MR) is 36.5 cm³/mol. The molecule has 0 aliphatic carbocycles. The first kappa shape index (κ1) is 9.39. The fourth-order valence-electron chi connectivity index (χ4n) is 0.607. The lowest BCUT2D eigenvalue weighted by Gasteiger charge is -2.04. The Hall–Kier alpha value is -0.610. The van der Waals surface area contributed by atoms with E-state index in [2.05, 4.69) is 0 Å². The Bertz CT molecular complexity index is 105. The number of hydrogen-bond acceptors (Lipinski definition) is 3. The Morgan fingerprint density at radius 3 is 2.60 bits per heavy atom. The molecule has 0 bridgehead atoms. The Morgan fingerprint density at radius 1 is 1.60 bits per heavy atom. The summed E-state index contributed by atoms with van der Waals surface area (Å²) in [5.41, 5.74) is 5.09. The molecule has 10 heavy (non-hydrogen) atoms. The highest BCUT2D eigenvalue weighted by Gasteiger charge is 2.02. The van der Waals surface area contributed by atoms with Crippen molar-refractivity contribution in [2.24, 2.45) is 5.73 Å². The fraction of sp³-hybridized carbons (Fsp3) is 0.833. The number of rotatable bonds is 5. The Labute approximate surface area is 59.7 Å². The average molecular weight is 147 g/mol. The van der Waals surface area contributed by atoms with E-state index in [0.717, 1.165) is 0 Å². The highest BCUT2D eigenvalue weighted by molar-refractivity contribution is 5.66. The monoisotopic (exact) mass is 147 g/mol. The zero-order valence-electron chi connectivity index (χ0n) is 5.79. The Balaban J connectivity index is 3.11. The lowest BCUT2D eigenvalue weighted by molar-refractivity contribution is -0.137. The molecule has 0 fully saturated rings. The van der Waals surface area contributed by atoms with Crippen molar-refractivity contribution in [3.05, 3.63) is 0 Å². The minimum absolute atomic E-state index is 0.108. The number of carboxylic acids is 1. The first-order chi connectivity index (χ1) is 4.66. The van der Waals surface area contributed by atoms with Crippen molar-refractivity contribution in [2.75, 3.05) is 6.54 Å². The molecule has 0 amide bonds. The number of hydrogen-bond donors (Lipinski definition) is 3. The lowest BCUT2D eigenvalue weighted by atomic mass is 10.1. The van der Waals surface area contributed by atoms with Crippen LogP contribution in [0, 0.1) is 0 Å². The molecule has 0 unspecified atom stereocenters. The van der Waals surface area contributed by atoms with Gasteiger partial charge in [-0.05, 0) is 12.8 Å². The van der Waals surface area contributed by atoms with Gasteiger partial charge < -0.3 is 15.9 Å². The van der Waals surface area contributed by atoms with Crippen LogP contribution < -0.4 is 5.73 Å². The molecule has 0 saturated heterocycles. The molecule has 0 spiro atoms. The molecule has 60 valence electrons. The van der Waals surface area contributed by atoms with Crippen molar-refractivity contribution in [3.8, 4) is 0 Å². The Morgan fingerprint density at radius 2 is 2.20 bits per heavy atom.